The molecule has 0 radical (unpaired) electrons. The molecule has 2 aromatic rings. The smallest absolute Gasteiger partial charge is 0.326 e. The quantitative estimate of drug-likeness (QED) is 0.154. The summed E-state index contributed by atoms with van der Waals surface area (Å²) in [5.74, 6) is -4.45. The molecule has 13 heteroatoms. The molecule has 1 heterocycles. The van der Waals surface area contributed by atoms with E-state index >= 15 is 0 Å². The summed E-state index contributed by atoms with van der Waals surface area (Å²) in [7, 11) is 0. The van der Waals surface area contributed by atoms with Gasteiger partial charge in [-0.2, -0.15) is 11.8 Å². The highest BCUT2D eigenvalue weighted by molar-refractivity contribution is 7.98. The van der Waals surface area contributed by atoms with Crippen LogP contribution in [0.25, 0.3) is 10.9 Å². The lowest BCUT2D eigenvalue weighted by atomic mass is 9.96. The van der Waals surface area contributed by atoms with E-state index in [4.69, 9.17) is 10.8 Å². The average Bonchev–Trinajstić information content (AvgIpc) is 3.30. The highest BCUT2D eigenvalue weighted by Gasteiger charge is 2.33. The predicted octanol–water partition coefficient (Wildman–Crippen LogP) is 0.851. The molecule has 1 aromatic carbocycles. The fraction of sp³-hybridized carbons (Fsp3) is 0.500. The maximum Gasteiger partial charge on any atom is 0.326 e. The molecular weight excluding hydrogens is 526 g/mol. The van der Waals surface area contributed by atoms with Crippen LogP contribution in [-0.4, -0.2) is 81.0 Å². The lowest BCUT2D eigenvalue weighted by Gasteiger charge is -2.28. The zero-order valence-electron chi connectivity index (χ0n) is 22.2. The largest absolute Gasteiger partial charge is 0.481 e. The second kappa shape index (κ2) is 15.1. The highest BCUT2D eigenvalue weighted by atomic mass is 32.2. The molecule has 214 valence electrons. The Bertz CT molecular complexity index is 1170. The molecule has 12 nitrogen and oxygen atoms in total. The summed E-state index contributed by atoms with van der Waals surface area (Å²) >= 11 is 1.44. The van der Waals surface area contributed by atoms with E-state index in [1.807, 2.05) is 37.4 Å². The number of para-hydroxylation sites is 1. The van der Waals surface area contributed by atoms with Crippen LogP contribution in [0.2, 0.25) is 0 Å². The average molecular weight is 564 g/mol. The van der Waals surface area contributed by atoms with Crippen molar-refractivity contribution in [3.05, 3.63) is 36.0 Å². The number of nitrogens with two attached hydrogens (primary N) is 1. The molecule has 0 saturated heterocycles. The van der Waals surface area contributed by atoms with Gasteiger partial charge in [-0.25, -0.2) is 4.79 Å². The molecule has 0 saturated carbocycles. The van der Waals surface area contributed by atoms with Gasteiger partial charge in [-0.1, -0.05) is 38.5 Å². The van der Waals surface area contributed by atoms with Crippen LogP contribution in [0, 0.1) is 5.92 Å². The Balaban J connectivity index is 2.18. The summed E-state index contributed by atoms with van der Waals surface area (Å²) in [6.45, 7) is 3.58. The number of thioether (sulfide) groups is 1. The van der Waals surface area contributed by atoms with Crippen molar-refractivity contribution in [1.82, 2.24) is 20.9 Å². The third-order valence-electron chi connectivity index (χ3n) is 6.48. The fourth-order valence-electron chi connectivity index (χ4n) is 4.00. The lowest BCUT2D eigenvalue weighted by molar-refractivity contribution is -0.142. The summed E-state index contributed by atoms with van der Waals surface area (Å²) in [5.41, 5.74) is 7.20. The van der Waals surface area contributed by atoms with Gasteiger partial charge in [0.25, 0.3) is 0 Å². The van der Waals surface area contributed by atoms with Crippen molar-refractivity contribution in [1.29, 1.82) is 0 Å². The highest BCUT2D eigenvalue weighted by Crippen LogP contribution is 2.19. The van der Waals surface area contributed by atoms with Crippen molar-refractivity contribution in [2.45, 2.75) is 63.7 Å². The van der Waals surface area contributed by atoms with Crippen LogP contribution in [-0.2, 0) is 30.4 Å². The first-order valence-electron chi connectivity index (χ1n) is 12.6. The Labute approximate surface area is 230 Å². The summed E-state index contributed by atoms with van der Waals surface area (Å²) < 4.78 is 0. The van der Waals surface area contributed by atoms with Crippen LogP contribution in [0.3, 0.4) is 0 Å². The van der Waals surface area contributed by atoms with E-state index in [-0.39, 0.29) is 18.8 Å². The molecule has 39 heavy (non-hydrogen) atoms. The molecule has 8 N–H and O–H groups in total. The molecule has 5 atom stereocenters. The monoisotopic (exact) mass is 563 g/mol. The first-order valence-corrected chi connectivity index (χ1v) is 14.0. The van der Waals surface area contributed by atoms with Crippen LogP contribution in [0.15, 0.2) is 30.5 Å². The number of aromatic nitrogens is 1. The lowest BCUT2D eigenvalue weighted by Crippen LogP contribution is -2.59. The van der Waals surface area contributed by atoms with Crippen molar-refractivity contribution >= 4 is 52.3 Å². The van der Waals surface area contributed by atoms with Crippen LogP contribution in [0.4, 0.5) is 0 Å². The maximum atomic E-state index is 13.3. The third-order valence-corrected chi connectivity index (χ3v) is 7.13. The van der Waals surface area contributed by atoms with E-state index in [0.717, 1.165) is 16.5 Å². The van der Waals surface area contributed by atoms with E-state index in [2.05, 4.69) is 20.9 Å². The SMILES string of the molecule is CCC(C)C(NC(=O)C(CCSC)NC(=O)C(N)CC(=O)O)C(=O)NC(Cc1c[nH]c2ccccc12)C(=O)O. The number of carboxylic acid groups (broad SMARTS) is 2. The zero-order valence-corrected chi connectivity index (χ0v) is 23.0. The van der Waals surface area contributed by atoms with E-state index in [1.165, 1.54) is 11.8 Å². The van der Waals surface area contributed by atoms with Gasteiger partial charge in [0.1, 0.15) is 18.1 Å². The van der Waals surface area contributed by atoms with Crippen LogP contribution in [0.1, 0.15) is 38.7 Å². The molecule has 0 spiro atoms. The molecule has 3 amide bonds. The summed E-state index contributed by atoms with van der Waals surface area (Å²) in [4.78, 5) is 64.9. The van der Waals surface area contributed by atoms with Gasteiger partial charge >= 0.3 is 11.9 Å². The standard InChI is InChI=1S/C26H37N5O7S/c1-4-14(2)22(31-24(35)19(9-10-39-3)29-23(34)17(27)12-21(32)33)25(36)30-20(26(37)38)11-15-13-28-18-8-6-5-7-16(15)18/h5-8,13-14,17,19-20,22,28H,4,9-12,27H2,1-3H3,(H,29,34)(H,30,36)(H,31,35)(H,32,33)(H,37,38). The number of H-pyrrole nitrogens is 1. The van der Waals surface area contributed by atoms with Crippen molar-refractivity contribution in [2.24, 2.45) is 11.7 Å². The van der Waals surface area contributed by atoms with Gasteiger partial charge in [-0.3, -0.25) is 19.2 Å². The van der Waals surface area contributed by atoms with Crippen molar-refractivity contribution in [2.75, 3.05) is 12.0 Å². The van der Waals surface area contributed by atoms with E-state index < -0.39 is 60.2 Å². The minimum Gasteiger partial charge on any atom is -0.481 e. The molecule has 2 rings (SSSR count). The number of rotatable bonds is 16. The van der Waals surface area contributed by atoms with Crippen LogP contribution < -0.4 is 21.7 Å². The second-order valence-corrected chi connectivity index (χ2v) is 10.4. The summed E-state index contributed by atoms with van der Waals surface area (Å²) in [5, 5.41) is 27.3. The molecule has 1 aromatic heterocycles. The number of hydrogen-bond acceptors (Lipinski definition) is 7. The minimum atomic E-state index is -1.35. The molecule has 0 aliphatic carbocycles. The number of benzene rings is 1. The van der Waals surface area contributed by atoms with Crippen LogP contribution in [0.5, 0.6) is 0 Å². The summed E-state index contributed by atoms with van der Waals surface area (Å²) in [6.07, 6.45) is 3.67. The third kappa shape index (κ3) is 9.29. The predicted molar refractivity (Wildman–Crippen MR) is 148 cm³/mol. The first kappa shape index (κ1) is 31.6. The van der Waals surface area contributed by atoms with Gasteiger partial charge in [0.05, 0.1) is 12.5 Å². The Morgan fingerprint density at radius 3 is 2.28 bits per heavy atom. The minimum absolute atomic E-state index is 0.0279. The Kier molecular flexibility index (Phi) is 12.3. The number of nitrogens with one attached hydrogen (secondary N) is 4. The number of carboxylic acids is 2. The van der Waals surface area contributed by atoms with Crippen LogP contribution >= 0.6 is 11.8 Å². The molecule has 0 aliphatic rings. The van der Waals surface area contributed by atoms with E-state index in [9.17, 15) is 29.1 Å². The van der Waals surface area contributed by atoms with Crippen molar-refractivity contribution in [3.8, 4) is 0 Å². The Morgan fingerprint density at radius 1 is 1.00 bits per heavy atom. The maximum absolute atomic E-state index is 13.3. The molecule has 0 fully saturated rings. The topological polar surface area (TPSA) is 204 Å². The number of carbonyl (C=O) groups excluding carboxylic acids is 3. The van der Waals surface area contributed by atoms with Gasteiger partial charge in [-0.05, 0) is 36.0 Å². The van der Waals surface area contributed by atoms with Gasteiger partial charge in [-0.15, -0.1) is 0 Å². The van der Waals surface area contributed by atoms with Gasteiger partial charge in [0.15, 0.2) is 0 Å². The number of carbonyl (C=O) groups is 5. The number of hydrogen-bond donors (Lipinski definition) is 7. The molecule has 0 aliphatic heterocycles. The first-order chi connectivity index (χ1) is 18.5. The van der Waals surface area contributed by atoms with E-state index in [0.29, 0.717) is 12.2 Å². The van der Waals surface area contributed by atoms with Gasteiger partial charge in [0, 0.05) is 23.5 Å². The fourth-order valence-corrected chi connectivity index (χ4v) is 4.47. The van der Waals surface area contributed by atoms with Gasteiger partial charge < -0.3 is 36.9 Å². The number of amides is 3. The normalized spacial score (nSPS) is 15.0. The number of fused-ring (bicyclic) bond motifs is 1. The molecule has 0 bridgehead atoms. The summed E-state index contributed by atoms with van der Waals surface area (Å²) in [6, 6.07) is 2.68. The molecular formula is C26H37N5O7S. The Morgan fingerprint density at radius 2 is 1.67 bits per heavy atom. The van der Waals surface area contributed by atoms with Gasteiger partial charge in [0.2, 0.25) is 17.7 Å². The number of aromatic amines is 1. The van der Waals surface area contributed by atoms with E-state index in [1.54, 1.807) is 13.1 Å². The van der Waals surface area contributed by atoms with Crippen molar-refractivity contribution in [3.63, 3.8) is 0 Å². The molecule has 5 unspecified atom stereocenters. The zero-order chi connectivity index (χ0) is 29.1. The van der Waals surface area contributed by atoms with Crippen molar-refractivity contribution < 1.29 is 34.2 Å². The number of aliphatic carboxylic acids is 2. The second-order valence-electron chi connectivity index (χ2n) is 9.38. The Hall–Kier alpha value is -3.58.